The molecule has 96 valence electrons. The predicted octanol–water partition coefficient (Wildman–Crippen LogP) is 2.67. The van der Waals surface area contributed by atoms with Crippen molar-refractivity contribution in [1.29, 1.82) is 0 Å². The van der Waals surface area contributed by atoms with Crippen LogP contribution in [0.1, 0.15) is 19.5 Å². The number of carbonyl (C=O) groups is 1. The first kappa shape index (κ1) is 13.0. The maximum absolute atomic E-state index is 11.1. The highest BCUT2D eigenvalue weighted by molar-refractivity contribution is 8.00. The van der Waals surface area contributed by atoms with Gasteiger partial charge in [0.05, 0.1) is 11.2 Å². The first-order valence-electron chi connectivity index (χ1n) is 5.70. The summed E-state index contributed by atoms with van der Waals surface area (Å²) in [6.07, 6.45) is 0. The molecule has 0 atom stereocenters. The molecule has 0 unspecified atom stereocenters. The minimum absolute atomic E-state index is 0.598. The van der Waals surface area contributed by atoms with Gasteiger partial charge in [0.2, 0.25) is 0 Å². The second kappa shape index (κ2) is 4.65. The van der Waals surface area contributed by atoms with Crippen molar-refractivity contribution >= 4 is 28.6 Å². The number of aryl methyl sites for hydroxylation is 1. The van der Waals surface area contributed by atoms with Crippen LogP contribution in [0.3, 0.4) is 0 Å². The van der Waals surface area contributed by atoms with Crippen molar-refractivity contribution in [1.82, 2.24) is 9.78 Å². The maximum Gasteiger partial charge on any atom is 0.319 e. The summed E-state index contributed by atoms with van der Waals surface area (Å²) in [5, 5.41) is 14.6. The molecule has 0 bridgehead atoms. The lowest BCUT2D eigenvalue weighted by atomic mass is 10.2. The Balaban J connectivity index is 2.25. The van der Waals surface area contributed by atoms with Crippen LogP contribution in [0, 0.1) is 0 Å². The zero-order valence-corrected chi connectivity index (χ0v) is 11.5. The number of carboxylic acids is 1. The van der Waals surface area contributed by atoms with Gasteiger partial charge in [0.1, 0.15) is 4.75 Å². The molecule has 0 aliphatic rings. The molecule has 2 rings (SSSR count). The SMILES string of the molecule is Cn1nc(CSC(C)(C)C(=O)O)c2ccccc21. The molecule has 0 fully saturated rings. The smallest absolute Gasteiger partial charge is 0.319 e. The molecule has 0 saturated heterocycles. The summed E-state index contributed by atoms with van der Waals surface area (Å²) in [6, 6.07) is 7.98. The fraction of sp³-hybridized carbons (Fsp3) is 0.385. The third-order valence-electron chi connectivity index (χ3n) is 2.92. The molecule has 0 spiro atoms. The highest BCUT2D eigenvalue weighted by Gasteiger charge is 2.28. The zero-order chi connectivity index (χ0) is 13.3. The molecule has 5 heteroatoms. The number of para-hydroxylation sites is 1. The summed E-state index contributed by atoms with van der Waals surface area (Å²) in [4.78, 5) is 11.1. The fourth-order valence-electron chi connectivity index (χ4n) is 1.71. The van der Waals surface area contributed by atoms with Crippen molar-refractivity contribution in [3.8, 4) is 0 Å². The largest absolute Gasteiger partial charge is 0.480 e. The minimum atomic E-state index is -0.798. The standard InChI is InChI=1S/C13H16N2O2S/c1-13(2,12(16)17)18-8-10-9-6-4-5-7-11(9)15(3)14-10/h4-7H,8H2,1-3H3,(H,16,17). The number of nitrogens with zero attached hydrogens (tertiary/aromatic N) is 2. The normalized spacial score (nSPS) is 11.9. The fourth-order valence-corrected chi connectivity index (χ4v) is 2.54. The van der Waals surface area contributed by atoms with Crippen LogP contribution in [0.2, 0.25) is 0 Å². The van der Waals surface area contributed by atoms with Crippen LogP contribution in [0.5, 0.6) is 0 Å². The Labute approximate surface area is 110 Å². The lowest BCUT2D eigenvalue weighted by Gasteiger charge is -2.17. The maximum atomic E-state index is 11.1. The molecule has 18 heavy (non-hydrogen) atoms. The average Bonchev–Trinajstić information content (AvgIpc) is 2.65. The van der Waals surface area contributed by atoms with Gasteiger partial charge in [-0.1, -0.05) is 18.2 Å². The van der Waals surface area contributed by atoms with E-state index in [1.807, 2.05) is 36.0 Å². The van der Waals surface area contributed by atoms with Crippen LogP contribution in [0.25, 0.3) is 10.9 Å². The van der Waals surface area contributed by atoms with E-state index >= 15 is 0 Å². The van der Waals surface area contributed by atoms with E-state index in [2.05, 4.69) is 5.10 Å². The van der Waals surface area contributed by atoms with Crippen molar-refractivity contribution in [3.63, 3.8) is 0 Å². The van der Waals surface area contributed by atoms with Crippen LogP contribution in [-0.2, 0) is 17.6 Å². The third-order valence-corrected chi connectivity index (χ3v) is 4.23. The van der Waals surface area contributed by atoms with Gasteiger partial charge in [0, 0.05) is 18.2 Å². The first-order valence-corrected chi connectivity index (χ1v) is 6.68. The molecule has 0 radical (unpaired) electrons. The van der Waals surface area contributed by atoms with Crippen LogP contribution >= 0.6 is 11.8 Å². The molecule has 4 nitrogen and oxygen atoms in total. The Kier molecular flexibility index (Phi) is 3.34. The van der Waals surface area contributed by atoms with Gasteiger partial charge in [-0.05, 0) is 19.9 Å². The van der Waals surface area contributed by atoms with E-state index in [4.69, 9.17) is 5.11 Å². The molecule has 2 aromatic rings. The van der Waals surface area contributed by atoms with E-state index in [0.29, 0.717) is 5.75 Å². The van der Waals surface area contributed by atoms with E-state index in [1.54, 1.807) is 13.8 Å². The van der Waals surface area contributed by atoms with E-state index in [1.165, 1.54) is 11.8 Å². The highest BCUT2D eigenvalue weighted by Crippen LogP contribution is 2.30. The molecule has 1 aromatic heterocycles. The molecule has 1 N–H and O–H groups in total. The quantitative estimate of drug-likeness (QED) is 0.922. The molecular weight excluding hydrogens is 248 g/mol. The van der Waals surface area contributed by atoms with Gasteiger partial charge in [0.25, 0.3) is 0 Å². The number of aromatic nitrogens is 2. The molecule has 1 heterocycles. The lowest BCUT2D eigenvalue weighted by molar-refractivity contribution is -0.138. The predicted molar refractivity (Wildman–Crippen MR) is 73.7 cm³/mol. The second-order valence-corrected chi connectivity index (χ2v) is 6.29. The van der Waals surface area contributed by atoms with Gasteiger partial charge in [-0.2, -0.15) is 5.10 Å². The minimum Gasteiger partial charge on any atom is -0.480 e. The number of hydrogen-bond acceptors (Lipinski definition) is 3. The Morgan fingerprint density at radius 1 is 1.44 bits per heavy atom. The van der Waals surface area contributed by atoms with Crippen LogP contribution < -0.4 is 0 Å². The number of fused-ring (bicyclic) bond motifs is 1. The highest BCUT2D eigenvalue weighted by atomic mass is 32.2. The van der Waals surface area contributed by atoms with E-state index in [9.17, 15) is 4.79 Å². The molecular formula is C13H16N2O2S. The molecule has 0 amide bonds. The monoisotopic (exact) mass is 264 g/mol. The zero-order valence-electron chi connectivity index (χ0n) is 10.7. The summed E-state index contributed by atoms with van der Waals surface area (Å²) in [5.41, 5.74) is 2.01. The second-order valence-electron chi connectivity index (χ2n) is 4.69. The topological polar surface area (TPSA) is 55.1 Å². The lowest BCUT2D eigenvalue weighted by Crippen LogP contribution is -2.27. The van der Waals surface area contributed by atoms with Crippen molar-refractivity contribution in [3.05, 3.63) is 30.0 Å². The number of aliphatic carboxylic acids is 1. The van der Waals surface area contributed by atoms with Gasteiger partial charge in [-0.25, -0.2) is 0 Å². The van der Waals surface area contributed by atoms with Gasteiger partial charge in [0.15, 0.2) is 0 Å². The third kappa shape index (κ3) is 2.36. The van der Waals surface area contributed by atoms with Crippen molar-refractivity contribution in [2.45, 2.75) is 24.3 Å². The Morgan fingerprint density at radius 2 is 2.11 bits per heavy atom. The number of hydrogen-bond donors (Lipinski definition) is 1. The number of rotatable bonds is 4. The van der Waals surface area contributed by atoms with Crippen LogP contribution in [0.4, 0.5) is 0 Å². The molecule has 0 saturated carbocycles. The Bertz CT molecular complexity index is 590. The molecule has 1 aromatic carbocycles. The van der Waals surface area contributed by atoms with E-state index in [0.717, 1.165) is 16.6 Å². The van der Waals surface area contributed by atoms with Gasteiger partial charge >= 0.3 is 5.97 Å². The number of benzene rings is 1. The van der Waals surface area contributed by atoms with Crippen molar-refractivity contribution < 1.29 is 9.90 Å². The summed E-state index contributed by atoms with van der Waals surface area (Å²) < 4.78 is 1.04. The van der Waals surface area contributed by atoms with E-state index in [-0.39, 0.29) is 0 Å². The summed E-state index contributed by atoms with van der Waals surface area (Å²) >= 11 is 1.39. The first-order chi connectivity index (χ1) is 8.42. The Morgan fingerprint density at radius 3 is 2.78 bits per heavy atom. The van der Waals surface area contributed by atoms with Crippen molar-refractivity contribution in [2.24, 2.45) is 7.05 Å². The summed E-state index contributed by atoms with van der Waals surface area (Å²) in [5.74, 6) is -0.201. The summed E-state index contributed by atoms with van der Waals surface area (Å²) in [6.45, 7) is 3.43. The van der Waals surface area contributed by atoms with Crippen LogP contribution in [-0.4, -0.2) is 25.6 Å². The molecule has 0 aliphatic heterocycles. The van der Waals surface area contributed by atoms with Gasteiger partial charge < -0.3 is 5.11 Å². The summed E-state index contributed by atoms with van der Waals surface area (Å²) in [7, 11) is 1.90. The van der Waals surface area contributed by atoms with Gasteiger partial charge in [-0.15, -0.1) is 11.8 Å². The Hall–Kier alpha value is -1.49. The van der Waals surface area contributed by atoms with Crippen molar-refractivity contribution in [2.75, 3.05) is 0 Å². The van der Waals surface area contributed by atoms with Gasteiger partial charge in [-0.3, -0.25) is 9.48 Å². The number of carboxylic acid groups (broad SMARTS) is 1. The average molecular weight is 264 g/mol. The molecule has 0 aliphatic carbocycles. The van der Waals surface area contributed by atoms with Crippen LogP contribution in [0.15, 0.2) is 24.3 Å². The number of thioether (sulfide) groups is 1. The van der Waals surface area contributed by atoms with E-state index < -0.39 is 10.7 Å².